The number of nitrogens with one attached hydrogen (secondary N) is 1. The van der Waals surface area contributed by atoms with Crippen LogP contribution in [-0.4, -0.2) is 23.1 Å². The van der Waals surface area contributed by atoms with Crippen molar-refractivity contribution < 1.29 is 4.39 Å². The zero-order chi connectivity index (χ0) is 20.9. The van der Waals surface area contributed by atoms with Crippen molar-refractivity contribution in [2.45, 2.75) is 38.8 Å². The molecule has 0 bridgehead atoms. The topological polar surface area (TPSA) is 67.1 Å². The molecule has 1 saturated heterocycles. The van der Waals surface area contributed by atoms with E-state index >= 15 is 4.39 Å². The van der Waals surface area contributed by atoms with Crippen LogP contribution < -0.4 is 16.0 Å². The van der Waals surface area contributed by atoms with Crippen molar-refractivity contribution in [3.05, 3.63) is 82.9 Å². The quantitative estimate of drug-likeness (QED) is 0.611. The summed E-state index contributed by atoms with van der Waals surface area (Å²) in [5.41, 5.74) is 10.3. The van der Waals surface area contributed by atoms with Crippen molar-refractivity contribution in [1.82, 2.24) is 9.97 Å². The SMILES string of the molecule is Cc1ccc(C2CCCN2c2ncnc(NCc3ccc(CCN)cc3)c2F)cc1. The number of hydrogen-bond donors (Lipinski definition) is 2. The molecule has 1 aliphatic rings. The predicted octanol–water partition coefficient (Wildman–Crippen LogP) is 4.38. The number of hydrogen-bond acceptors (Lipinski definition) is 5. The second-order valence-electron chi connectivity index (χ2n) is 7.83. The molecule has 3 aromatic rings. The lowest BCUT2D eigenvalue weighted by Gasteiger charge is -2.27. The third kappa shape index (κ3) is 4.44. The van der Waals surface area contributed by atoms with E-state index in [1.165, 1.54) is 23.0 Å². The number of benzene rings is 2. The average molecular weight is 406 g/mol. The Morgan fingerprint density at radius 1 is 1.07 bits per heavy atom. The van der Waals surface area contributed by atoms with Crippen molar-refractivity contribution in [3.63, 3.8) is 0 Å². The summed E-state index contributed by atoms with van der Waals surface area (Å²) in [5, 5.41) is 3.13. The lowest BCUT2D eigenvalue weighted by molar-refractivity contribution is 0.598. The van der Waals surface area contributed by atoms with Crippen LogP contribution in [0.15, 0.2) is 54.9 Å². The molecule has 1 fully saturated rings. The fraction of sp³-hybridized carbons (Fsp3) is 0.333. The maximum Gasteiger partial charge on any atom is 0.207 e. The number of aryl methyl sites for hydroxylation is 1. The van der Waals surface area contributed by atoms with E-state index in [1.54, 1.807) is 0 Å². The highest BCUT2D eigenvalue weighted by Crippen LogP contribution is 2.37. The Labute approximate surface area is 177 Å². The smallest absolute Gasteiger partial charge is 0.207 e. The van der Waals surface area contributed by atoms with Crippen LogP contribution in [0.5, 0.6) is 0 Å². The molecule has 2 heterocycles. The fourth-order valence-electron chi connectivity index (χ4n) is 4.02. The van der Waals surface area contributed by atoms with Crippen LogP contribution in [0.4, 0.5) is 16.0 Å². The van der Waals surface area contributed by atoms with Gasteiger partial charge in [-0.1, -0.05) is 54.1 Å². The van der Waals surface area contributed by atoms with Gasteiger partial charge in [0.15, 0.2) is 11.6 Å². The maximum absolute atomic E-state index is 15.3. The minimum atomic E-state index is -0.392. The molecule has 3 N–H and O–H groups in total. The maximum atomic E-state index is 15.3. The Bertz CT molecular complexity index is 972. The van der Waals surface area contributed by atoms with Crippen molar-refractivity contribution in [1.29, 1.82) is 0 Å². The van der Waals surface area contributed by atoms with E-state index in [0.717, 1.165) is 31.4 Å². The van der Waals surface area contributed by atoms with Gasteiger partial charge >= 0.3 is 0 Å². The monoisotopic (exact) mass is 405 g/mol. The lowest BCUT2D eigenvalue weighted by Crippen LogP contribution is -2.25. The molecule has 0 aliphatic carbocycles. The average Bonchev–Trinajstić information content (AvgIpc) is 3.24. The van der Waals surface area contributed by atoms with Gasteiger partial charge in [-0.25, -0.2) is 9.97 Å². The number of nitrogens with two attached hydrogens (primary N) is 1. The Balaban J connectivity index is 1.50. The summed E-state index contributed by atoms with van der Waals surface area (Å²) in [6, 6.07) is 16.8. The van der Waals surface area contributed by atoms with Gasteiger partial charge in [0.1, 0.15) is 6.33 Å². The molecule has 1 aliphatic heterocycles. The van der Waals surface area contributed by atoms with Crippen LogP contribution in [0.1, 0.15) is 41.1 Å². The summed E-state index contributed by atoms with van der Waals surface area (Å²) >= 11 is 0. The third-order valence-electron chi connectivity index (χ3n) is 5.67. The zero-order valence-electron chi connectivity index (χ0n) is 17.3. The highest BCUT2D eigenvalue weighted by molar-refractivity contribution is 5.53. The highest BCUT2D eigenvalue weighted by atomic mass is 19.1. The molecule has 1 aromatic heterocycles. The Morgan fingerprint density at radius 3 is 2.53 bits per heavy atom. The fourth-order valence-corrected chi connectivity index (χ4v) is 4.02. The largest absolute Gasteiger partial charge is 0.363 e. The summed E-state index contributed by atoms with van der Waals surface area (Å²) in [4.78, 5) is 10.5. The molecule has 6 heteroatoms. The predicted molar refractivity (Wildman–Crippen MR) is 119 cm³/mol. The van der Waals surface area contributed by atoms with Crippen LogP contribution in [0, 0.1) is 12.7 Å². The van der Waals surface area contributed by atoms with E-state index < -0.39 is 5.82 Å². The second-order valence-corrected chi connectivity index (χ2v) is 7.83. The van der Waals surface area contributed by atoms with E-state index in [1.807, 2.05) is 12.1 Å². The van der Waals surface area contributed by atoms with Gasteiger partial charge in [-0.05, 0) is 49.4 Å². The van der Waals surface area contributed by atoms with Gasteiger partial charge in [0.05, 0.1) is 6.04 Å². The van der Waals surface area contributed by atoms with Crippen LogP contribution in [0.3, 0.4) is 0 Å². The molecule has 1 unspecified atom stereocenters. The van der Waals surface area contributed by atoms with Crippen molar-refractivity contribution in [2.24, 2.45) is 5.73 Å². The molecule has 5 nitrogen and oxygen atoms in total. The first-order valence-electron chi connectivity index (χ1n) is 10.5. The van der Waals surface area contributed by atoms with E-state index in [0.29, 0.717) is 18.9 Å². The first-order valence-corrected chi connectivity index (χ1v) is 10.5. The van der Waals surface area contributed by atoms with Gasteiger partial charge in [0.25, 0.3) is 0 Å². The molecule has 0 saturated carbocycles. The Morgan fingerprint density at radius 2 is 1.80 bits per heavy atom. The molecule has 30 heavy (non-hydrogen) atoms. The normalized spacial score (nSPS) is 16.1. The Hall–Kier alpha value is -2.99. The van der Waals surface area contributed by atoms with Crippen LogP contribution >= 0.6 is 0 Å². The van der Waals surface area contributed by atoms with E-state index in [-0.39, 0.29) is 11.9 Å². The first kappa shape index (κ1) is 20.3. The number of rotatable bonds is 7. The lowest BCUT2D eigenvalue weighted by atomic mass is 10.0. The minimum absolute atomic E-state index is 0.137. The number of halogens is 1. The highest BCUT2D eigenvalue weighted by Gasteiger charge is 2.30. The van der Waals surface area contributed by atoms with Gasteiger partial charge in [-0.3, -0.25) is 0 Å². The summed E-state index contributed by atoms with van der Waals surface area (Å²) in [5.74, 6) is 0.214. The number of anilines is 2. The molecule has 2 aromatic carbocycles. The molecule has 0 radical (unpaired) electrons. The van der Waals surface area contributed by atoms with Gasteiger partial charge in [-0.2, -0.15) is 4.39 Å². The van der Waals surface area contributed by atoms with E-state index in [2.05, 4.69) is 63.5 Å². The summed E-state index contributed by atoms with van der Waals surface area (Å²) in [7, 11) is 0. The van der Waals surface area contributed by atoms with Crippen LogP contribution in [0.25, 0.3) is 0 Å². The van der Waals surface area contributed by atoms with Crippen LogP contribution in [0.2, 0.25) is 0 Å². The van der Waals surface area contributed by atoms with Gasteiger partial charge < -0.3 is 16.0 Å². The molecule has 0 amide bonds. The first-order chi connectivity index (χ1) is 14.7. The third-order valence-corrected chi connectivity index (χ3v) is 5.67. The van der Waals surface area contributed by atoms with E-state index in [9.17, 15) is 0 Å². The summed E-state index contributed by atoms with van der Waals surface area (Å²) in [6.07, 6.45) is 4.30. The van der Waals surface area contributed by atoms with Crippen molar-refractivity contribution in [3.8, 4) is 0 Å². The van der Waals surface area contributed by atoms with E-state index in [4.69, 9.17) is 5.73 Å². The zero-order valence-corrected chi connectivity index (χ0v) is 17.3. The molecule has 1 atom stereocenters. The number of nitrogens with zero attached hydrogens (tertiary/aromatic N) is 3. The molecule has 4 rings (SSSR count). The number of aromatic nitrogens is 2. The minimum Gasteiger partial charge on any atom is -0.363 e. The second kappa shape index (κ2) is 9.22. The molecule has 156 valence electrons. The molecular weight excluding hydrogens is 377 g/mol. The summed E-state index contributed by atoms with van der Waals surface area (Å²) < 4.78 is 15.3. The van der Waals surface area contributed by atoms with Gasteiger partial charge in [-0.15, -0.1) is 0 Å². The van der Waals surface area contributed by atoms with Crippen LogP contribution in [-0.2, 0) is 13.0 Å². The van der Waals surface area contributed by atoms with Gasteiger partial charge in [0, 0.05) is 13.1 Å². The molecular formula is C24H28FN5. The van der Waals surface area contributed by atoms with Gasteiger partial charge in [0.2, 0.25) is 5.82 Å². The Kier molecular flexibility index (Phi) is 6.23. The van der Waals surface area contributed by atoms with Crippen molar-refractivity contribution in [2.75, 3.05) is 23.3 Å². The molecule has 0 spiro atoms. The van der Waals surface area contributed by atoms with Crippen molar-refractivity contribution >= 4 is 11.6 Å². The standard InChI is InChI=1S/C24H28FN5/c1-17-4-10-20(11-5-17)21-3-2-14-30(21)24-22(25)23(28-16-29-24)27-15-19-8-6-18(7-9-19)12-13-26/h4-11,16,21H,2-3,12-15,26H2,1H3,(H,27,28,29). The summed E-state index contributed by atoms with van der Waals surface area (Å²) in [6.45, 7) is 3.99.